The second-order valence-corrected chi connectivity index (χ2v) is 8.91. The summed E-state index contributed by atoms with van der Waals surface area (Å²) >= 11 is 5.18. The molecule has 1 heterocycles. The first-order valence-corrected chi connectivity index (χ1v) is 11.1. The Kier molecular flexibility index (Phi) is 6.96. The molecule has 0 bridgehead atoms. The van der Waals surface area contributed by atoms with Gasteiger partial charge in [0.1, 0.15) is 0 Å². The summed E-state index contributed by atoms with van der Waals surface area (Å²) in [4.78, 5) is 12.4. The van der Waals surface area contributed by atoms with Crippen LogP contribution in [0.5, 0.6) is 0 Å². The summed E-state index contributed by atoms with van der Waals surface area (Å²) in [6.45, 7) is 2.78. The van der Waals surface area contributed by atoms with Gasteiger partial charge in [0.05, 0.1) is 11.0 Å². The van der Waals surface area contributed by atoms with Crippen molar-refractivity contribution in [2.24, 2.45) is 0 Å². The zero-order valence-electron chi connectivity index (χ0n) is 16.0. The third-order valence-corrected chi connectivity index (χ3v) is 6.21. The SMILES string of the molecule is Cc1ccccc1C(=O)NC(=S)Nc1ccc(S(=O)(=O)NCC2CCCO2)cc1. The van der Waals surface area contributed by atoms with Gasteiger partial charge >= 0.3 is 0 Å². The van der Waals surface area contributed by atoms with E-state index in [1.165, 1.54) is 12.1 Å². The van der Waals surface area contributed by atoms with E-state index in [2.05, 4.69) is 15.4 Å². The minimum absolute atomic E-state index is 0.0695. The lowest BCUT2D eigenvalue weighted by Gasteiger charge is -2.13. The van der Waals surface area contributed by atoms with Crippen molar-refractivity contribution in [2.45, 2.75) is 30.8 Å². The molecule has 1 fully saturated rings. The lowest BCUT2D eigenvalue weighted by atomic mass is 10.1. The monoisotopic (exact) mass is 433 g/mol. The molecule has 1 saturated heterocycles. The van der Waals surface area contributed by atoms with E-state index in [4.69, 9.17) is 17.0 Å². The first kappa shape index (κ1) is 21.4. The number of carbonyl (C=O) groups is 1. The molecule has 7 nitrogen and oxygen atoms in total. The molecule has 3 N–H and O–H groups in total. The molecule has 0 aliphatic carbocycles. The highest BCUT2D eigenvalue weighted by Gasteiger charge is 2.20. The Balaban J connectivity index is 1.56. The zero-order valence-corrected chi connectivity index (χ0v) is 17.6. The van der Waals surface area contributed by atoms with Gasteiger partial charge in [0.15, 0.2) is 5.11 Å². The van der Waals surface area contributed by atoms with E-state index in [0.717, 1.165) is 18.4 Å². The van der Waals surface area contributed by atoms with E-state index in [0.29, 0.717) is 17.9 Å². The van der Waals surface area contributed by atoms with Crippen molar-refractivity contribution in [2.75, 3.05) is 18.5 Å². The number of hydrogen-bond acceptors (Lipinski definition) is 5. The predicted octanol–water partition coefficient (Wildman–Crippen LogP) is 2.58. The summed E-state index contributed by atoms with van der Waals surface area (Å²) in [5.74, 6) is -0.307. The average Bonchev–Trinajstić information content (AvgIpc) is 3.21. The van der Waals surface area contributed by atoms with Crippen LogP contribution in [0.15, 0.2) is 53.4 Å². The summed E-state index contributed by atoms with van der Waals surface area (Å²) in [6.07, 6.45) is 1.74. The van der Waals surface area contributed by atoms with Gasteiger partial charge in [-0.05, 0) is 67.9 Å². The maximum absolute atomic E-state index is 12.4. The van der Waals surface area contributed by atoms with Crippen LogP contribution in [0.4, 0.5) is 5.69 Å². The average molecular weight is 434 g/mol. The van der Waals surface area contributed by atoms with Gasteiger partial charge in [-0.3, -0.25) is 10.1 Å². The standard InChI is InChI=1S/C20H23N3O4S2/c1-14-5-2-3-7-18(14)19(24)23-20(28)22-15-8-10-17(11-9-15)29(25,26)21-13-16-6-4-12-27-16/h2-3,5,7-11,16,21H,4,6,12-13H2,1H3,(H2,22,23,24,28). The summed E-state index contributed by atoms with van der Waals surface area (Å²) in [5, 5.41) is 5.63. The van der Waals surface area contributed by atoms with Crippen LogP contribution < -0.4 is 15.4 Å². The van der Waals surface area contributed by atoms with E-state index in [1.54, 1.807) is 24.3 Å². The van der Waals surface area contributed by atoms with Gasteiger partial charge in [0, 0.05) is 24.4 Å². The van der Waals surface area contributed by atoms with E-state index in [9.17, 15) is 13.2 Å². The number of sulfonamides is 1. The van der Waals surface area contributed by atoms with Gasteiger partial charge in [-0.1, -0.05) is 18.2 Å². The van der Waals surface area contributed by atoms with E-state index in [-0.39, 0.29) is 28.6 Å². The van der Waals surface area contributed by atoms with Crippen molar-refractivity contribution >= 4 is 38.9 Å². The van der Waals surface area contributed by atoms with E-state index < -0.39 is 10.0 Å². The van der Waals surface area contributed by atoms with Crippen molar-refractivity contribution < 1.29 is 17.9 Å². The Labute approximate surface area is 175 Å². The molecule has 29 heavy (non-hydrogen) atoms. The highest BCUT2D eigenvalue weighted by Crippen LogP contribution is 2.16. The Hall–Kier alpha value is -2.33. The largest absolute Gasteiger partial charge is 0.377 e. The molecule has 9 heteroatoms. The molecule has 1 unspecified atom stereocenters. The van der Waals surface area contributed by atoms with Crippen molar-refractivity contribution in [3.63, 3.8) is 0 Å². The number of hydrogen-bond donors (Lipinski definition) is 3. The number of nitrogens with one attached hydrogen (secondary N) is 3. The second-order valence-electron chi connectivity index (χ2n) is 6.73. The Bertz CT molecular complexity index is 985. The normalized spacial score (nSPS) is 16.4. The summed E-state index contributed by atoms with van der Waals surface area (Å²) in [5.41, 5.74) is 1.95. The fraction of sp³-hybridized carbons (Fsp3) is 0.300. The molecule has 1 amide bonds. The number of benzene rings is 2. The van der Waals surface area contributed by atoms with Gasteiger partial charge in [-0.15, -0.1) is 0 Å². The predicted molar refractivity (Wildman–Crippen MR) is 115 cm³/mol. The Morgan fingerprint density at radius 3 is 2.55 bits per heavy atom. The fourth-order valence-electron chi connectivity index (χ4n) is 2.97. The van der Waals surface area contributed by atoms with Crippen molar-refractivity contribution in [3.8, 4) is 0 Å². The second kappa shape index (κ2) is 9.45. The first-order chi connectivity index (χ1) is 13.8. The summed E-state index contributed by atoms with van der Waals surface area (Å²) < 4.78 is 32.8. The number of ether oxygens (including phenoxy) is 1. The molecule has 0 radical (unpaired) electrons. The first-order valence-electron chi connectivity index (χ1n) is 9.24. The van der Waals surface area contributed by atoms with Crippen LogP contribution in [-0.2, 0) is 14.8 Å². The van der Waals surface area contributed by atoms with Crippen LogP contribution in [0.25, 0.3) is 0 Å². The van der Waals surface area contributed by atoms with Crippen LogP contribution >= 0.6 is 12.2 Å². The van der Waals surface area contributed by atoms with Gasteiger partial charge < -0.3 is 10.1 Å². The van der Waals surface area contributed by atoms with Crippen LogP contribution in [-0.4, -0.2) is 38.7 Å². The van der Waals surface area contributed by atoms with Crippen molar-refractivity contribution in [1.29, 1.82) is 0 Å². The van der Waals surface area contributed by atoms with E-state index in [1.807, 2.05) is 19.1 Å². The highest BCUT2D eigenvalue weighted by molar-refractivity contribution is 7.89. The van der Waals surface area contributed by atoms with E-state index >= 15 is 0 Å². The molecule has 0 aromatic heterocycles. The third-order valence-electron chi connectivity index (χ3n) is 4.56. The quantitative estimate of drug-likeness (QED) is 0.606. The zero-order chi connectivity index (χ0) is 20.9. The van der Waals surface area contributed by atoms with Gasteiger partial charge in [-0.25, -0.2) is 13.1 Å². The molecular formula is C20H23N3O4S2. The summed E-state index contributed by atoms with van der Waals surface area (Å²) in [7, 11) is -3.61. The molecule has 0 spiro atoms. The summed E-state index contributed by atoms with van der Waals surface area (Å²) in [6, 6.07) is 13.3. The smallest absolute Gasteiger partial charge is 0.257 e. The lowest BCUT2D eigenvalue weighted by molar-refractivity contribution is 0.0977. The van der Waals surface area contributed by atoms with Gasteiger partial charge in [0.2, 0.25) is 10.0 Å². The van der Waals surface area contributed by atoms with Crippen LogP contribution in [0, 0.1) is 6.92 Å². The molecule has 1 aliphatic heterocycles. The van der Waals surface area contributed by atoms with Crippen molar-refractivity contribution in [3.05, 3.63) is 59.7 Å². The molecule has 3 rings (SSSR count). The molecule has 0 saturated carbocycles. The number of aryl methyl sites for hydroxylation is 1. The van der Waals surface area contributed by atoms with Crippen LogP contribution in [0.2, 0.25) is 0 Å². The number of anilines is 1. The Morgan fingerprint density at radius 2 is 1.90 bits per heavy atom. The fourth-order valence-corrected chi connectivity index (χ4v) is 4.25. The maximum atomic E-state index is 12.4. The number of thiocarbonyl (C=S) groups is 1. The molecule has 1 aliphatic rings. The van der Waals surface area contributed by atoms with Gasteiger partial charge in [-0.2, -0.15) is 0 Å². The Morgan fingerprint density at radius 1 is 1.17 bits per heavy atom. The molecular weight excluding hydrogens is 410 g/mol. The minimum atomic E-state index is -3.61. The van der Waals surface area contributed by atoms with Crippen molar-refractivity contribution in [1.82, 2.24) is 10.0 Å². The molecule has 2 aromatic carbocycles. The minimum Gasteiger partial charge on any atom is -0.377 e. The molecule has 2 aromatic rings. The van der Waals surface area contributed by atoms with Crippen LogP contribution in [0.1, 0.15) is 28.8 Å². The topological polar surface area (TPSA) is 96.5 Å². The highest BCUT2D eigenvalue weighted by atomic mass is 32.2. The van der Waals surface area contributed by atoms with Crippen LogP contribution in [0.3, 0.4) is 0 Å². The maximum Gasteiger partial charge on any atom is 0.257 e. The van der Waals surface area contributed by atoms with Gasteiger partial charge in [0.25, 0.3) is 5.91 Å². The number of amides is 1. The molecule has 1 atom stereocenters. The third kappa shape index (κ3) is 5.83. The molecule has 154 valence electrons. The lowest BCUT2D eigenvalue weighted by Crippen LogP contribution is -2.34. The number of carbonyl (C=O) groups excluding carboxylic acids is 1. The number of rotatable bonds is 6.